The molecule has 2 nitrogen and oxygen atoms in total. The van der Waals surface area contributed by atoms with E-state index in [-0.39, 0.29) is 5.97 Å². The minimum atomic E-state index is -0.287. The van der Waals surface area contributed by atoms with E-state index < -0.39 is 0 Å². The van der Waals surface area contributed by atoms with Crippen LogP contribution in [0, 0.1) is 0 Å². The Kier molecular flexibility index (Phi) is 3.33. The Morgan fingerprint density at radius 1 is 1.50 bits per heavy atom. The van der Waals surface area contributed by atoms with E-state index >= 15 is 0 Å². The number of hydrogen-bond donors (Lipinski definition) is 0. The predicted octanol–water partition coefficient (Wildman–Crippen LogP) is 2.34. The van der Waals surface area contributed by atoms with E-state index in [1.54, 1.807) is 12.2 Å². The Labute approximate surface area is 72.2 Å². The van der Waals surface area contributed by atoms with Crippen molar-refractivity contribution < 1.29 is 9.53 Å². The van der Waals surface area contributed by atoms with Crippen molar-refractivity contribution in [3.63, 3.8) is 0 Å². The Balaban J connectivity index is 2.38. The summed E-state index contributed by atoms with van der Waals surface area (Å²) in [5.41, 5.74) is 0. The number of allylic oxidation sites excluding steroid dienone is 4. The number of hydrogen-bond acceptors (Lipinski definition) is 2. The summed E-state index contributed by atoms with van der Waals surface area (Å²) in [6, 6.07) is 0. The van der Waals surface area contributed by atoms with E-state index in [4.69, 9.17) is 4.74 Å². The molecule has 0 unspecified atom stereocenters. The van der Waals surface area contributed by atoms with Crippen LogP contribution < -0.4 is 0 Å². The smallest absolute Gasteiger partial charge is 0.336 e. The van der Waals surface area contributed by atoms with Crippen LogP contribution in [0.3, 0.4) is 0 Å². The summed E-state index contributed by atoms with van der Waals surface area (Å²) in [4.78, 5) is 10.6. The number of carbonyl (C=O) groups is 1. The van der Waals surface area contributed by atoms with Crippen LogP contribution in [0.15, 0.2) is 36.1 Å². The molecule has 1 aliphatic heterocycles. The van der Waals surface area contributed by atoms with E-state index in [0.717, 1.165) is 12.8 Å². The van der Waals surface area contributed by atoms with Gasteiger partial charge in [0, 0.05) is 6.08 Å². The van der Waals surface area contributed by atoms with Crippen LogP contribution in [0.5, 0.6) is 0 Å². The molecule has 0 bridgehead atoms. The van der Waals surface area contributed by atoms with Crippen LogP contribution in [-0.2, 0) is 9.53 Å². The molecule has 1 heterocycles. The van der Waals surface area contributed by atoms with Gasteiger partial charge >= 0.3 is 5.97 Å². The zero-order valence-electron chi connectivity index (χ0n) is 7.12. The highest BCUT2D eigenvalue weighted by Gasteiger charge is 2.06. The first-order valence-corrected chi connectivity index (χ1v) is 4.09. The molecule has 0 radical (unpaired) electrons. The van der Waals surface area contributed by atoms with Crippen molar-refractivity contribution in [2.24, 2.45) is 0 Å². The second-order valence-electron chi connectivity index (χ2n) is 2.54. The number of unbranched alkanes of at least 4 members (excludes halogenated alkanes) is 1. The summed E-state index contributed by atoms with van der Waals surface area (Å²) < 4.78 is 4.80. The van der Waals surface area contributed by atoms with E-state index in [1.807, 2.05) is 12.2 Å². The average molecular weight is 164 g/mol. The van der Waals surface area contributed by atoms with Crippen molar-refractivity contribution >= 4 is 5.97 Å². The maximum atomic E-state index is 10.6. The molecule has 0 amide bonds. The highest BCUT2D eigenvalue weighted by Crippen LogP contribution is 2.08. The van der Waals surface area contributed by atoms with Crippen molar-refractivity contribution in [3.8, 4) is 0 Å². The van der Waals surface area contributed by atoms with Crippen LogP contribution in [0.1, 0.15) is 19.8 Å². The van der Waals surface area contributed by atoms with Gasteiger partial charge in [-0.15, -0.1) is 0 Å². The number of ether oxygens (including phenoxy) is 1. The molecule has 0 aliphatic carbocycles. The Bertz CT molecular complexity index is 247. The molecule has 1 aliphatic rings. The fraction of sp³-hybridized carbons (Fsp3) is 0.300. The Morgan fingerprint density at radius 3 is 2.92 bits per heavy atom. The molecule has 0 saturated heterocycles. The lowest BCUT2D eigenvalue weighted by molar-refractivity contribution is -0.132. The molecule has 2 heteroatoms. The quantitative estimate of drug-likeness (QED) is 0.598. The largest absolute Gasteiger partial charge is 0.423 e. The van der Waals surface area contributed by atoms with Gasteiger partial charge in [0.1, 0.15) is 5.76 Å². The molecular weight excluding hydrogens is 152 g/mol. The van der Waals surface area contributed by atoms with Crippen molar-refractivity contribution in [3.05, 3.63) is 36.1 Å². The molecule has 0 spiro atoms. The first-order chi connectivity index (χ1) is 5.83. The minimum Gasteiger partial charge on any atom is -0.423 e. The van der Waals surface area contributed by atoms with E-state index in [0.29, 0.717) is 5.76 Å². The highest BCUT2D eigenvalue weighted by molar-refractivity contribution is 5.86. The van der Waals surface area contributed by atoms with Crippen molar-refractivity contribution in [2.75, 3.05) is 0 Å². The SMILES string of the molecule is CCCC=CC=C1C=CC(=O)O1. The van der Waals surface area contributed by atoms with Gasteiger partial charge in [-0.3, -0.25) is 0 Å². The van der Waals surface area contributed by atoms with E-state index in [9.17, 15) is 4.79 Å². The molecule has 0 N–H and O–H groups in total. The second-order valence-corrected chi connectivity index (χ2v) is 2.54. The minimum absolute atomic E-state index is 0.287. The summed E-state index contributed by atoms with van der Waals surface area (Å²) in [6.07, 6.45) is 11.0. The standard InChI is InChI=1S/C10H12O2/c1-2-3-4-5-6-9-7-8-10(11)12-9/h4-8H,2-3H2,1H3. The predicted molar refractivity (Wildman–Crippen MR) is 47.4 cm³/mol. The van der Waals surface area contributed by atoms with Gasteiger partial charge in [-0.05, 0) is 18.6 Å². The highest BCUT2D eigenvalue weighted by atomic mass is 16.5. The fourth-order valence-corrected chi connectivity index (χ4v) is 0.850. The van der Waals surface area contributed by atoms with Gasteiger partial charge in [-0.2, -0.15) is 0 Å². The van der Waals surface area contributed by atoms with Crippen molar-refractivity contribution in [1.29, 1.82) is 0 Å². The number of cyclic esters (lactones) is 1. The van der Waals surface area contributed by atoms with Gasteiger partial charge in [0.25, 0.3) is 0 Å². The summed E-state index contributed by atoms with van der Waals surface area (Å²) in [5, 5.41) is 0. The monoisotopic (exact) mass is 164 g/mol. The molecule has 1 rings (SSSR count). The lowest BCUT2D eigenvalue weighted by Gasteiger charge is -1.91. The topological polar surface area (TPSA) is 26.3 Å². The molecule has 0 aromatic carbocycles. The van der Waals surface area contributed by atoms with E-state index in [1.165, 1.54) is 6.08 Å². The van der Waals surface area contributed by atoms with Gasteiger partial charge in [0.2, 0.25) is 0 Å². The van der Waals surface area contributed by atoms with Crippen LogP contribution >= 0.6 is 0 Å². The van der Waals surface area contributed by atoms with Gasteiger partial charge < -0.3 is 4.74 Å². The number of rotatable bonds is 3. The van der Waals surface area contributed by atoms with Gasteiger partial charge in [0.15, 0.2) is 0 Å². The second kappa shape index (κ2) is 4.54. The fourth-order valence-electron chi connectivity index (χ4n) is 0.850. The number of esters is 1. The molecule has 0 aromatic heterocycles. The van der Waals surface area contributed by atoms with Gasteiger partial charge in [-0.1, -0.05) is 25.5 Å². The van der Waals surface area contributed by atoms with Gasteiger partial charge in [0.05, 0.1) is 0 Å². The van der Waals surface area contributed by atoms with Crippen LogP contribution in [0.25, 0.3) is 0 Å². The summed E-state index contributed by atoms with van der Waals surface area (Å²) in [7, 11) is 0. The maximum Gasteiger partial charge on any atom is 0.336 e. The van der Waals surface area contributed by atoms with Crippen LogP contribution in [-0.4, -0.2) is 5.97 Å². The summed E-state index contributed by atoms with van der Waals surface area (Å²) in [6.45, 7) is 2.12. The molecule has 64 valence electrons. The Hall–Kier alpha value is -1.31. The zero-order chi connectivity index (χ0) is 8.81. The maximum absolute atomic E-state index is 10.6. The van der Waals surface area contributed by atoms with Crippen LogP contribution in [0.2, 0.25) is 0 Å². The van der Waals surface area contributed by atoms with Crippen LogP contribution in [0.4, 0.5) is 0 Å². The lowest BCUT2D eigenvalue weighted by atomic mass is 10.3. The summed E-state index contributed by atoms with van der Waals surface area (Å²) >= 11 is 0. The molecule has 0 saturated carbocycles. The first-order valence-electron chi connectivity index (χ1n) is 4.09. The third-order valence-corrected chi connectivity index (χ3v) is 1.45. The third kappa shape index (κ3) is 2.74. The molecule has 0 fully saturated rings. The average Bonchev–Trinajstić information content (AvgIpc) is 2.45. The van der Waals surface area contributed by atoms with E-state index in [2.05, 4.69) is 6.92 Å². The first kappa shape index (κ1) is 8.78. The summed E-state index contributed by atoms with van der Waals surface area (Å²) in [5.74, 6) is 0.331. The molecular formula is C10H12O2. The molecule has 12 heavy (non-hydrogen) atoms. The zero-order valence-corrected chi connectivity index (χ0v) is 7.12. The normalized spacial score (nSPS) is 19.4. The van der Waals surface area contributed by atoms with Gasteiger partial charge in [-0.25, -0.2) is 4.79 Å². The third-order valence-electron chi connectivity index (χ3n) is 1.45. The lowest BCUT2D eigenvalue weighted by Crippen LogP contribution is -1.89. The Morgan fingerprint density at radius 2 is 2.33 bits per heavy atom. The van der Waals surface area contributed by atoms with Crippen molar-refractivity contribution in [1.82, 2.24) is 0 Å². The molecule has 0 atom stereocenters. The van der Waals surface area contributed by atoms with Crippen molar-refractivity contribution in [2.45, 2.75) is 19.8 Å². The molecule has 0 aromatic rings. The number of carbonyl (C=O) groups excluding carboxylic acids is 1.